The zero-order chi connectivity index (χ0) is 19.0. The topological polar surface area (TPSA) is 73.7 Å². The molecule has 0 atom stereocenters. The number of ether oxygens (including phenoxy) is 2. The van der Waals surface area contributed by atoms with Gasteiger partial charge in [0.25, 0.3) is 11.5 Å². The lowest BCUT2D eigenvalue weighted by atomic mass is 10.1. The van der Waals surface area contributed by atoms with Gasteiger partial charge >= 0.3 is 0 Å². The molecule has 4 rings (SSSR count). The summed E-state index contributed by atoms with van der Waals surface area (Å²) >= 11 is 0. The van der Waals surface area contributed by atoms with Crippen molar-refractivity contribution in [1.29, 1.82) is 0 Å². The number of aromatic nitrogens is 2. The molecule has 0 saturated carbocycles. The fourth-order valence-corrected chi connectivity index (χ4v) is 3.19. The fourth-order valence-electron chi connectivity index (χ4n) is 3.19. The minimum atomic E-state index is -0.221. The molecule has 1 aliphatic heterocycles. The van der Waals surface area contributed by atoms with Crippen LogP contribution in [0, 0.1) is 0 Å². The smallest absolute Gasteiger partial charge is 0.275 e. The summed E-state index contributed by atoms with van der Waals surface area (Å²) < 4.78 is 12.0. The van der Waals surface area contributed by atoms with E-state index in [-0.39, 0.29) is 24.0 Å². The van der Waals surface area contributed by atoms with Gasteiger partial charge in [0.05, 0.1) is 5.39 Å². The molecule has 7 nitrogen and oxygen atoms in total. The molecule has 2 heterocycles. The Morgan fingerprint density at radius 1 is 1.15 bits per heavy atom. The van der Waals surface area contributed by atoms with Crippen LogP contribution in [0.25, 0.3) is 10.8 Å². The van der Waals surface area contributed by atoms with Crippen molar-refractivity contribution in [1.82, 2.24) is 14.7 Å². The fraction of sp³-hybridized carbons (Fsp3) is 0.250. The molecule has 0 unspecified atom stereocenters. The maximum atomic E-state index is 13.2. The van der Waals surface area contributed by atoms with Crippen LogP contribution >= 0.6 is 0 Å². The van der Waals surface area contributed by atoms with E-state index in [0.29, 0.717) is 35.4 Å². The Morgan fingerprint density at radius 2 is 1.89 bits per heavy atom. The van der Waals surface area contributed by atoms with Gasteiger partial charge in [0.1, 0.15) is 0 Å². The van der Waals surface area contributed by atoms with E-state index in [1.165, 1.54) is 4.68 Å². The van der Waals surface area contributed by atoms with Gasteiger partial charge in [-0.3, -0.25) is 9.59 Å². The highest BCUT2D eigenvalue weighted by Crippen LogP contribution is 2.33. The second-order valence-electron chi connectivity index (χ2n) is 6.33. The molecule has 27 heavy (non-hydrogen) atoms. The van der Waals surface area contributed by atoms with E-state index >= 15 is 0 Å². The van der Waals surface area contributed by atoms with Crippen LogP contribution in [0.5, 0.6) is 11.5 Å². The van der Waals surface area contributed by atoms with E-state index in [0.717, 1.165) is 5.56 Å². The van der Waals surface area contributed by atoms with Crippen LogP contribution in [0.4, 0.5) is 0 Å². The van der Waals surface area contributed by atoms with Crippen molar-refractivity contribution in [3.63, 3.8) is 0 Å². The lowest BCUT2D eigenvalue weighted by molar-refractivity contribution is 0.0746. The van der Waals surface area contributed by atoms with Crippen molar-refractivity contribution < 1.29 is 14.3 Å². The maximum Gasteiger partial charge on any atom is 0.275 e. The van der Waals surface area contributed by atoms with Crippen LogP contribution in [0.3, 0.4) is 0 Å². The Kier molecular flexibility index (Phi) is 4.27. The third-order valence-electron chi connectivity index (χ3n) is 4.64. The third kappa shape index (κ3) is 3.01. The first-order valence-electron chi connectivity index (χ1n) is 8.72. The van der Waals surface area contributed by atoms with Gasteiger partial charge in [-0.05, 0) is 30.7 Å². The summed E-state index contributed by atoms with van der Waals surface area (Å²) in [5.41, 5.74) is 0.986. The summed E-state index contributed by atoms with van der Waals surface area (Å²) in [6, 6.07) is 12.7. The van der Waals surface area contributed by atoms with E-state index in [1.807, 2.05) is 25.1 Å². The largest absolute Gasteiger partial charge is 0.454 e. The molecule has 0 saturated heterocycles. The molecule has 0 bridgehead atoms. The van der Waals surface area contributed by atoms with Crippen LogP contribution in [-0.4, -0.2) is 33.9 Å². The number of carbonyl (C=O) groups is 1. The van der Waals surface area contributed by atoms with E-state index in [9.17, 15) is 9.59 Å². The number of benzene rings is 2. The van der Waals surface area contributed by atoms with Crippen molar-refractivity contribution in [3.05, 3.63) is 64.1 Å². The zero-order valence-electron chi connectivity index (χ0n) is 15.1. The van der Waals surface area contributed by atoms with Gasteiger partial charge in [-0.1, -0.05) is 24.3 Å². The van der Waals surface area contributed by atoms with Crippen molar-refractivity contribution in [2.45, 2.75) is 13.5 Å². The molecule has 2 aromatic carbocycles. The molecular weight excluding hydrogens is 346 g/mol. The predicted molar refractivity (Wildman–Crippen MR) is 100.0 cm³/mol. The first kappa shape index (κ1) is 17.1. The monoisotopic (exact) mass is 365 g/mol. The lowest BCUT2D eigenvalue weighted by Gasteiger charge is -2.21. The molecule has 3 aromatic rings. The third-order valence-corrected chi connectivity index (χ3v) is 4.64. The number of nitrogens with zero attached hydrogens (tertiary/aromatic N) is 3. The van der Waals surface area contributed by atoms with Crippen LogP contribution < -0.4 is 15.0 Å². The second kappa shape index (κ2) is 6.75. The van der Waals surface area contributed by atoms with E-state index < -0.39 is 0 Å². The molecule has 7 heteroatoms. The average Bonchev–Trinajstić information content (AvgIpc) is 3.16. The molecule has 0 spiro atoms. The molecule has 1 aromatic heterocycles. The van der Waals surface area contributed by atoms with Gasteiger partial charge in [0.2, 0.25) is 6.79 Å². The highest BCUT2D eigenvalue weighted by molar-refractivity contribution is 6.04. The minimum absolute atomic E-state index is 0.211. The first-order valence-corrected chi connectivity index (χ1v) is 8.72. The number of hydrogen-bond donors (Lipinski definition) is 0. The Hall–Kier alpha value is -3.35. The summed E-state index contributed by atoms with van der Waals surface area (Å²) in [5.74, 6) is 1.17. The lowest BCUT2D eigenvalue weighted by Crippen LogP contribution is -2.33. The molecule has 0 fully saturated rings. The molecule has 0 N–H and O–H groups in total. The SMILES string of the molecule is CCN(Cc1ccc2c(c1)OCO2)C(=O)c1nn(C)c(=O)c2ccccc12. The average molecular weight is 365 g/mol. The molecule has 0 aliphatic carbocycles. The molecule has 1 amide bonds. The standard InChI is InChI=1S/C20H19N3O4/c1-3-23(11-13-8-9-16-17(10-13)27-12-26-16)20(25)18-14-6-4-5-7-15(14)19(24)22(2)21-18/h4-10H,3,11-12H2,1-2H3. The molecule has 1 aliphatic rings. The first-order chi connectivity index (χ1) is 13.1. The Labute approximate surface area is 155 Å². The highest BCUT2D eigenvalue weighted by Gasteiger charge is 2.22. The van der Waals surface area contributed by atoms with Gasteiger partial charge in [0, 0.05) is 25.5 Å². The highest BCUT2D eigenvalue weighted by atomic mass is 16.7. The maximum absolute atomic E-state index is 13.2. The van der Waals surface area contributed by atoms with E-state index in [4.69, 9.17) is 9.47 Å². The summed E-state index contributed by atoms with van der Waals surface area (Å²) in [6.07, 6.45) is 0. The number of rotatable bonds is 4. The number of carbonyl (C=O) groups excluding carboxylic acids is 1. The Bertz CT molecular complexity index is 1090. The normalized spacial score (nSPS) is 12.4. The number of hydrogen-bond acceptors (Lipinski definition) is 5. The Morgan fingerprint density at radius 3 is 2.67 bits per heavy atom. The quantitative estimate of drug-likeness (QED) is 0.709. The number of aryl methyl sites for hydroxylation is 1. The van der Waals surface area contributed by atoms with Crippen molar-refractivity contribution in [2.24, 2.45) is 7.05 Å². The molecule has 138 valence electrons. The number of fused-ring (bicyclic) bond motifs is 2. The summed E-state index contributed by atoms with van der Waals surface area (Å²) in [4.78, 5) is 27.2. The van der Waals surface area contributed by atoms with Crippen molar-refractivity contribution >= 4 is 16.7 Å². The Balaban J connectivity index is 1.69. The summed E-state index contributed by atoms with van der Waals surface area (Å²) in [5, 5.41) is 5.29. The number of amides is 1. The predicted octanol–water partition coefficient (Wildman–Crippen LogP) is 2.32. The van der Waals surface area contributed by atoms with Crippen molar-refractivity contribution in [3.8, 4) is 11.5 Å². The summed E-state index contributed by atoms with van der Waals surface area (Å²) in [6.45, 7) is 3.04. The van der Waals surface area contributed by atoms with Gasteiger partial charge in [0.15, 0.2) is 17.2 Å². The molecule has 0 radical (unpaired) electrons. The summed E-state index contributed by atoms with van der Waals surface area (Å²) in [7, 11) is 1.56. The van der Waals surface area contributed by atoms with Gasteiger partial charge < -0.3 is 14.4 Å². The van der Waals surface area contributed by atoms with Crippen LogP contribution in [-0.2, 0) is 13.6 Å². The van der Waals surface area contributed by atoms with Crippen LogP contribution in [0.2, 0.25) is 0 Å². The second-order valence-corrected chi connectivity index (χ2v) is 6.33. The van der Waals surface area contributed by atoms with Crippen molar-refractivity contribution in [2.75, 3.05) is 13.3 Å². The van der Waals surface area contributed by atoms with Gasteiger partial charge in [-0.15, -0.1) is 0 Å². The molecular formula is C20H19N3O4. The van der Waals surface area contributed by atoms with Crippen LogP contribution in [0.1, 0.15) is 23.0 Å². The zero-order valence-corrected chi connectivity index (χ0v) is 15.1. The van der Waals surface area contributed by atoms with E-state index in [2.05, 4.69) is 5.10 Å². The van der Waals surface area contributed by atoms with E-state index in [1.54, 1.807) is 36.2 Å². The van der Waals surface area contributed by atoms with Gasteiger partial charge in [-0.25, -0.2) is 4.68 Å². The van der Waals surface area contributed by atoms with Gasteiger partial charge in [-0.2, -0.15) is 5.10 Å². The minimum Gasteiger partial charge on any atom is -0.454 e. The van der Waals surface area contributed by atoms with Crippen LogP contribution in [0.15, 0.2) is 47.3 Å².